The van der Waals surface area contributed by atoms with E-state index in [0.717, 1.165) is 0 Å². The highest BCUT2D eigenvalue weighted by Gasteiger charge is 2.16. The zero-order valence-electron chi connectivity index (χ0n) is 8.39. The van der Waals surface area contributed by atoms with Gasteiger partial charge in [0.2, 0.25) is 0 Å². The fourth-order valence-corrected chi connectivity index (χ4v) is 2.94. The molecule has 1 unspecified atom stereocenters. The molecule has 0 fully saturated rings. The topological polar surface area (TPSA) is 50.9 Å². The Kier molecular flexibility index (Phi) is 3.49. The van der Waals surface area contributed by atoms with Crippen LogP contribution in [0.3, 0.4) is 0 Å². The number of aliphatic hydroxyl groups excluding tert-OH is 1. The van der Waals surface area contributed by atoms with E-state index in [1.807, 2.05) is 0 Å². The summed E-state index contributed by atoms with van der Waals surface area (Å²) in [5.74, 6) is 0. The normalized spacial score (nSPS) is 13.0. The minimum atomic E-state index is -0.701. The molecule has 2 heterocycles. The first kappa shape index (κ1) is 11.9. The summed E-state index contributed by atoms with van der Waals surface area (Å²) in [6, 6.07) is 1.68. The van der Waals surface area contributed by atoms with Crippen LogP contribution >= 0.6 is 34.5 Å². The zero-order chi connectivity index (χ0) is 11.7. The first-order valence-corrected chi connectivity index (χ1v) is 6.11. The third kappa shape index (κ3) is 2.55. The van der Waals surface area contributed by atoms with Crippen LogP contribution in [0.5, 0.6) is 0 Å². The molecule has 0 aliphatic rings. The largest absolute Gasteiger partial charge is 0.388 e. The van der Waals surface area contributed by atoms with Gasteiger partial charge in [-0.15, -0.1) is 16.4 Å². The summed E-state index contributed by atoms with van der Waals surface area (Å²) >= 11 is 13.0. The molecule has 0 spiro atoms. The predicted octanol–water partition coefficient (Wildman–Crippen LogP) is 2.46. The van der Waals surface area contributed by atoms with Crippen molar-refractivity contribution in [3.63, 3.8) is 0 Å². The first-order valence-electron chi connectivity index (χ1n) is 4.54. The van der Waals surface area contributed by atoms with Crippen LogP contribution in [0.25, 0.3) is 0 Å². The van der Waals surface area contributed by atoms with E-state index in [4.69, 9.17) is 23.2 Å². The van der Waals surface area contributed by atoms with Crippen molar-refractivity contribution in [3.8, 4) is 0 Å². The second kappa shape index (κ2) is 4.71. The second-order valence-electron chi connectivity index (χ2n) is 3.38. The molecule has 1 atom stereocenters. The van der Waals surface area contributed by atoms with Crippen LogP contribution in [-0.2, 0) is 13.5 Å². The Hall–Kier alpha value is -0.620. The lowest BCUT2D eigenvalue weighted by Gasteiger charge is -2.06. The Morgan fingerprint density at radius 2 is 2.31 bits per heavy atom. The van der Waals surface area contributed by atoms with Gasteiger partial charge in [0, 0.05) is 25.2 Å². The Balaban J connectivity index is 2.14. The molecule has 16 heavy (non-hydrogen) atoms. The van der Waals surface area contributed by atoms with E-state index in [-0.39, 0.29) is 0 Å². The maximum atomic E-state index is 9.96. The monoisotopic (exact) mass is 277 g/mol. The van der Waals surface area contributed by atoms with Crippen LogP contribution in [0.15, 0.2) is 12.3 Å². The van der Waals surface area contributed by atoms with Crippen LogP contribution in [-0.4, -0.2) is 20.1 Å². The van der Waals surface area contributed by atoms with Gasteiger partial charge in [-0.3, -0.25) is 4.68 Å². The van der Waals surface area contributed by atoms with E-state index >= 15 is 0 Å². The fourth-order valence-electron chi connectivity index (χ4n) is 1.38. The summed E-state index contributed by atoms with van der Waals surface area (Å²) in [4.78, 5) is 0. The lowest BCUT2D eigenvalue weighted by Crippen LogP contribution is -2.01. The number of thiophene rings is 1. The number of aliphatic hydroxyl groups is 1. The number of aryl methyl sites for hydroxylation is 1. The minimum absolute atomic E-state index is 0.376. The first-order chi connectivity index (χ1) is 7.56. The van der Waals surface area contributed by atoms with Gasteiger partial charge >= 0.3 is 0 Å². The molecular formula is C9H9Cl2N3OS. The van der Waals surface area contributed by atoms with Gasteiger partial charge in [-0.25, -0.2) is 0 Å². The van der Waals surface area contributed by atoms with E-state index in [1.165, 1.54) is 11.3 Å². The van der Waals surface area contributed by atoms with Gasteiger partial charge in [0.25, 0.3) is 0 Å². The van der Waals surface area contributed by atoms with Gasteiger partial charge in [0.1, 0.15) is 4.34 Å². The highest BCUT2D eigenvalue weighted by Crippen LogP contribution is 2.35. The maximum Gasteiger partial charge on any atom is 0.100 e. The molecule has 0 bridgehead atoms. The molecule has 1 N–H and O–H groups in total. The van der Waals surface area contributed by atoms with Crippen molar-refractivity contribution in [2.75, 3.05) is 0 Å². The molecule has 2 rings (SSSR count). The molecule has 0 aliphatic heterocycles. The number of halogens is 2. The van der Waals surface area contributed by atoms with Crippen LogP contribution in [0, 0.1) is 0 Å². The summed E-state index contributed by atoms with van der Waals surface area (Å²) in [6.45, 7) is 0. The summed E-state index contributed by atoms with van der Waals surface area (Å²) in [7, 11) is 1.78. The number of hydrogen-bond donors (Lipinski definition) is 1. The SMILES string of the molecule is Cn1cc(CC(O)c2cc(Cl)sc2Cl)nn1. The van der Waals surface area contributed by atoms with Crippen molar-refractivity contribution in [3.05, 3.63) is 32.2 Å². The molecular weight excluding hydrogens is 269 g/mol. The van der Waals surface area contributed by atoms with E-state index in [9.17, 15) is 5.11 Å². The van der Waals surface area contributed by atoms with E-state index in [2.05, 4.69) is 10.3 Å². The Labute approximate surface area is 106 Å². The van der Waals surface area contributed by atoms with Gasteiger partial charge < -0.3 is 5.11 Å². The van der Waals surface area contributed by atoms with Crippen LogP contribution < -0.4 is 0 Å². The molecule has 0 aliphatic carbocycles. The molecule has 0 amide bonds. The van der Waals surface area contributed by atoms with Gasteiger partial charge in [-0.1, -0.05) is 28.4 Å². The van der Waals surface area contributed by atoms with E-state index in [1.54, 1.807) is 24.0 Å². The minimum Gasteiger partial charge on any atom is -0.388 e. The fraction of sp³-hybridized carbons (Fsp3) is 0.333. The van der Waals surface area contributed by atoms with Gasteiger partial charge in [-0.05, 0) is 6.07 Å². The van der Waals surface area contributed by atoms with Gasteiger partial charge in [0.15, 0.2) is 0 Å². The third-order valence-electron chi connectivity index (χ3n) is 2.09. The van der Waals surface area contributed by atoms with Crippen molar-refractivity contribution < 1.29 is 5.11 Å². The Morgan fingerprint density at radius 3 is 2.81 bits per heavy atom. The number of rotatable bonds is 3. The Morgan fingerprint density at radius 1 is 1.56 bits per heavy atom. The third-order valence-corrected chi connectivity index (χ3v) is 3.61. The van der Waals surface area contributed by atoms with E-state index < -0.39 is 6.10 Å². The van der Waals surface area contributed by atoms with Crippen LogP contribution in [0.4, 0.5) is 0 Å². The molecule has 0 saturated carbocycles. The predicted molar refractivity (Wildman–Crippen MR) is 64.0 cm³/mol. The molecule has 2 aromatic rings. The smallest absolute Gasteiger partial charge is 0.100 e. The molecule has 86 valence electrons. The molecule has 2 aromatic heterocycles. The van der Waals surface area contributed by atoms with Crippen LogP contribution in [0.2, 0.25) is 8.67 Å². The van der Waals surface area contributed by atoms with Gasteiger partial charge in [0.05, 0.1) is 16.1 Å². The molecule has 0 radical (unpaired) electrons. The van der Waals surface area contributed by atoms with Crippen molar-refractivity contribution in [1.29, 1.82) is 0 Å². The van der Waals surface area contributed by atoms with Crippen LogP contribution in [0.1, 0.15) is 17.4 Å². The van der Waals surface area contributed by atoms with Crippen molar-refractivity contribution in [2.24, 2.45) is 7.05 Å². The average Bonchev–Trinajstić information content (AvgIpc) is 2.73. The van der Waals surface area contributed by atoms with Crippen molar-refractivity contribution in [1.82, 2.24) is 15.0 Å². The van der Waals surface area contributed by atoms with Crippen molar-refractivity contribution in [2.45, 2.75) is 12.5 Å². The maximum absolute atomic E-state index is 9.96. The summed E-state index contributed by atoms with van der Waals surface area (Å²) < 4.78 is 2.67. The van der Waals surface area contributed by atoms with Gasteiger partial charge in [-0.2, -0.15) is 0 Å². The average molecular weight is 278 g/mol. The summed E-state index contributed by atoms with van der Waals surface area (Å²) in [5.41, 5.74) is 1.36. The van der Waals surface area contributed by atoms with Crippen molar-refractivity contribution >= 4 is 34.5 Å². The number of nitrogens with zero attached hydrogens (tertiary/aromatic N) is 3. The zero-order valence-corrected chi connectivity index (χ0v) is 10.7. The molecule has 0 aromatic carbocycles. The molecule has 0 saturated heterocycles. The quantitative estimate of drug-likeness (QED) is 0.938. The lowest BCUT2D eigenvalue weighted by atomic mass is 10.1. The molecule has 4 nitrogen and oxygen atoms in total. The highest BCUT2D eigenvalue weighted by atomic mass is 35.5. The number of aromatic nitrogens is 3. The molecule has 7 heteroatoms. The second-order valence-corrected chi connectivity index (χ2v) is 5.67. The summed E-state index contributed by atoms with van der Waals surface area (Å²) in [6.07, 6.45) is 1.43. The Bertz CT molecular complexity index is 497. The summed E-state index contributed by atoms with van der Waals surface area (Å²) in [5, 5.41) is 17.7. The number of hydrogen-bond acceptors (Lipinski definition) is 4. The highest BCUT2D eigenvalue weighted by molar-refractivity contribution is 7.20. The van der Waals surface area contributed by atoms with E-state index in [0.29, 0.717) is 26.4 Å². The lowest BCUT2D eigenvalue weighted by molar-refractivity contribution is 0.178. The standard InChI is InChI=1S/C9H9Cl2N3OS/c1-14-4-5(12-13-14)2-7(15)6-3-8(10)16-9(6)11/h3-4,7,15H,2H2,1H3.